The number of thioether (sulfide) groups is 1. The molecule has 2 aromatic rings. The quantitative estimate of drug-likeness (QED) is 0.680. The molecule has 5 nitrogen and oxygen atoms in total. The molecule has 1 aromatic heterocycles. The molecule has 0 aliphatic heterocycles. The molecule has 130 valence electrons. The van der Waals surface area contributed by atoms with E-state index in [0.29, 0.717) is 16.1 Å². The number of hydrogen-bond donors (Lipinski definition) is 1. The van der Waals surface area contributed by atoms with E-state index in [-0.39, 0.29) is 28.3 Å². The minimum absolute atomic E-state index is 0.0324. The largest absolute Gasteiger partial charge is 0.351 e. The van der Waals surface area contributed by atoms with E-state index >= 15 is 0 Å². The number of para-hydroxylation sites is 1. The van der Waals surface area contributed by atoms with E-state index in [1.54, 1.807) is 10.6 Å². The first-order valence-corrected chi connectivity index (χ1v) is 8.98. The lowest BCUT2D eigenvalue weighted by Crippen LogP contribution is -2.44. The highest BCUT2D eigenvalue weighted by atomic mass is 32.2. The topological polar surface area (TPSA) is 64.0 Å². The van der Waals surface area contributed by atoms with Crippen molar-refractivity contribution in [1.29, 1.82) is 0 Å². The number of nitrogens with zero attached hydrogens (tertiary/aromatic N) is 2. The van der Waals surface area contributed by atoms with E-state index in [0.717, 1.165) is 0 Å². The van der Waals surface area contributed by atoms with Gasteiger partial charge < -0.3 is 5.32 Å². The Morgan fingerprint density at radius 1 is 1.21 bits per heavy atom. The Labute approximate surface area is 146 Å². The van der Waals surface area contributed by atoms with Gasteiger partial charge in [-0.2, -0.15) is 0 Å². The van der Waals surface area contributed by atoms with E-state index in [1.165, 1.54) is 11.8 Å². The fraction of sp³-hybridized carbons (Fsp3) is 0.500. The number of nitrogens with one attached hydrogen (secondary N) is 1. The van der Waals surface area contributed by atoms with Gasteiger partial charge in [0, 0.05) is 11.6 Å². The molecule has 0 spiro atoms. The number of aromatic nitrogens is 2. The van der Waals surface area contributed by atoms with Crippen molar-refractivity contribution in [2.75, 3.05) is 0 Å². The van der Waals surface area contributed by atoms with Gasteiger partial charge in [0.15, 0.2) is 5.16 Å². The van der Waals surface area contributed by atoms with Crippen LogP contribution in [0, 0.1) is 0 Å². The minimum Gasteiger partial charge on any atom is -0.351 e. The molecule has 0 saturated carbocycles. The van der Waals surface area contributed by atoms with Gasteiger partial charge in [0.05, 0.1) is 16.2 Å². The van der Waals surface area contributed by atoms with Crippen LogP contribution in [-0.2, 0) is 4.79 Å². The van der Waals surface area contributed by atoms with Gasteiger partial charge in [0.2, 0.25) is 5.91 Å². The normalized spacial score (nSPS) is 13.3. The first-order valence-electron chi connectivity index (χ1n) is 8.10. The van der Waals surface area contributed by atoms with Gasteiger partial charge in [-0.05, 0) is 53.7 Å². The molecule has 0 aliphatic carbocycles. The third kappa shape index (κ3) is 4.17. The number of benzene rings is 1. The molecule has 24 heavy (non-hydrogen) atoms. The number of rotatable bonds is 4. The minimum atomic E-state index is -0.345. The third-order valence-electron chi connectivity index (χ3n) is 3.44. The second-order valence-corrected chi connectivity index (χ2v) is 8.49. The number of amides is 1. The second kappa shape index (κ2) is 6.97. The summed E-state index contributed by atoms with van der Waals surface area (Å²) < 4.78 is 1.66. The fourth-order valence-corrected chi connectivity index (χ4v) is 3.39. The van der Waals surface area contributed by atoms with Crippen LogP contribution in [0.25, 0.3) is 10.9 Å². The van der Waals surface area contributed by atoms with Crippen LogP contribution in [0.3, 0.4) is 0 Å². The predicted molar refractivity (Wildman–Crippen MR) is 99.6 cm³/mol. The van der Waals surface area contributed by atoms with Gasteiger partial charge in [-0.1, -0.05) is 23.9 Å². The van der Waals surface area contributed by atoms with Crippen molar-refractivity contribution in [3.8, 4) is 0 Å². The smallest absolute Gasteiger partial charge is 0.262 e. The Morgan fingerprint density at radius 3 is 2.42 bits per heavy atom. The van der Waals surface area contributed by atoms with Crippen LogP contribution in [0.2, 0.25) is 0 Å². The van der Waals surface area contributed by atoms with Crippen LogP contribution in [0.5, 0.6) is 0 Å². The van der Waals surface area contributed by atoms with Gasteiger partial charge in [-0.25, -0.2) is 4.98 Å². The number of fused-ring (bicyclic) bond motifs is 1. The van der Waals surface area contributed by atoms with Crippen LogP contribution in [0.15, 0.2) is 34.2 Å². The zero-order valence-corrected chi connectivity index (χ0v) is 15.9. The Balaban J connectivity index is 2.42. The molecule has 1 heterocycles. The monoisotopic (exact) mass is 347 g/mol. The molecular weight excluding hydrogens is 322 g/mol. The highest BCUT2D eigenvalue weighted by Gasteiger charge is 2.23. The zero-order chi connectivity index (χ0) is 18.1. The summed E-state index contributed by atoms with van der Waals surface area (Å²) in [4.78, 5) is 29.7. The summed E-state index contributed by atoms with van der Waals surface area (Å²) in [5.74, 6) is -0.0646. The average Bonchev–Trinajstić information content (AvgIpc) is 2.45. The molecule has 1 N–H and O–H groups in total. The predicted octanol–water partition coefficient (Wildman–Crippen LogP) is 3.37. The van der Waals surface area contributed by atoms with Gasteiger partial charge in [0.1, 0.15) is 0 Å². The molecule has 6 heteroatoms. The average molecular weight is 347 g/mol. The van der Waals surface area contributed by atoms with Crippen molar-refractivity contribution < 1.29 is 4.79 Å². The Kier molecular flexibility index (Phi) is 5.38. The molecule has 0 aliphatic rings. The van der Waals surface area contributed by atoms with Gasteiger partial charge in [-0.3, -0.25) is 14.2 Å². The Bertz CT molecular complexity index is 806. The molecule has 0 radical (unpaired) electrons. The number of carbonyl (C=O) groups excluding carboxylic acids is 1. The zero-order valence-electron chi connectivity index (χ0n) is 15.1. The lowest BCUT2D eigenvalue weighted by atomic mass is 10.1. The molecular formula is C18H25N3O2S. The van der Waals surface area contributed by atoms with E-state index < -0.39 is 0 Å². The van der Waals surface area contributed by atoms with Gasteiger partial charge in [-0.15, -0.1) is 0 Å². The molecule has 1 aromatic carbocycles. The molecule has 1 unspecified atom stereocenters. The lowest BCUT2D eigenvalue weighted by molar-refractivity contribution is -0.121. The van der Waals surface area contributed by atoms with Crippen LogP contribution in [0.1, 0.15) is 47.6 Å². The second-order valence-electron chi connectivity index (χ2n) is 7.18. The standard InChI is InChI=1S/C18H25N3O2S/c1-11(2)21-16(23)13-9-7-8-10-14(13)19-17(21)24-12(3)15(22)20-18(4,5)6/h7-12H,1-6H3,(H,20,22). The molecule has 0 fully saturated rings. The summed E-state index contributed by atoms with van der Waals surface area (Å²) in [6.07, 6.45) is 0. The van der Waals surface area contributed by atoms with Crippen molar-refractivity contribution >= 4 is 28.6 Å². The fourth-order valence-electron chi connectivity index (χ4n) is 2.35. The van der Waals surface area contributed by atoms with Crippen molar-refractivity contribution in [3.05, 3.63) is 34.6 Å². The van der Waals surface area contributed by atoms with E-state index in [1.807, 2.05) is 59.7 Å². The maximum Gasteiger partial charge on any atom is 0.262 e. The van der Waals surface area contributed by atoms with Crippen molar-refractivity contribution in [2.24, 2.45) is 0 Å². The van der Waals surface area contributed by atoms with E-state index in [4.69, 9.17) is 0 Å². The maximum atomic E-state index is 12.8. The molecule has 2 rings (SSSR count). The first kappa shape index (κ1) is 18.5. The summed E-state index contributed by atoms with van der Waals surface area (Å²) in [6, 6.07) is 7.27. The molecule has 1 amide bonds. The van der Waals surface area contributed by atoms with Crippen LogP contribution in [-0.4, -0.2) is 26.2 Å². The van der Waals surface area contributed by atoms with E-state index in [2.05, 4.69) is 10.3 Å². The van der Waals surface area contributed by atoms with Crippen LogP contribution >= 0.6 is 11.8 Å². The summed E-state index contributed by atoms with van der Waals surface area (Å²) in [6.45, 7) is 11.6. The Hall–Kier alpha value is -1.82. The van der Waals surface area contributed by atoms with Gasteiger partial charge >= 0.3 is 0 Å². The SMILES string of the molecule is CC(Sc1nc2ccccc2c(=O)n1C(C)C)C(=O)NC(C)(C)C. The first-order chi connectivity index (χ1) is 11.1. The lowest BCUT2D eigenvalue weighted by Gasteiger charge is -2.24. The van der Waals surface area contributed by atoms with Crippen molar-refractivity contribution in [3.63, 3.8) is 0 Å². The number of hydrogen-bond acceptors (Lipinski definition) is 4. The highest BCUT2D eigenvalue weighted by Crippen LogP contribution is 2.25. The summed E-state index contributed by atoms with van der Waals surface area (Å²) in [5.41, 5.74) is 0.298. The van der Waals surface area contributed by atoms with Crippen molar-refractivity contribution in [1.82, 2.24) is 14.9 Å². The molecule has 0 saturated heterocycles. The van der Waals surface area contributed by atoms with Crippen LogP contribution < -0.4 is 10.9 Å². The summed E-state index contributed by atoms with van der Waals surface area (Å²) in [7, 11) is 0. The highest BCUT2D eigenvalue weighted by molar-refractivity contribution is 8.00. The van der Waals surface area contributed by atoms with Crippen LogP contribution in [0.4, 0.5) is 0 Å². The summed E-state index contributed by atoms with van der Waals surface area (Å²) >= 11 is 1.32. The maximum absolute atomic E-state index is 12.8. The molecule has 1 atom stereocenters. The number of carbonyl (C=O) groups is 1. The Morgan fingerprint density at radius 2 is 1.83 bits per heavy atom. The van der Waals surface area contributed by atoms with Crippen molar-refractivity contribution in [2.45, 2.75) is 63.5 Å². The third-order valence-corrected chi connectivity index (χ3v) is 4.51. The summed E-state index contributed by atoms with van der Waals surface area (Å²) in [5, 5.41) is 3.79. The van der Waals surface area contributed by atoms with E-state index in [9.17, 15) is 9.59 Å². The van der Waals surface area contributed by atoms with Gasteiger partial charge in [0.25, 0.3) is 5.56 Å². The molecule has 0 bridgehead atoms.